The number of nitrogens with zero attached hydrogens (tertiary/aromatic N) is 1. The summed E-state index contributed by atoms with van der Waals surface area (Å²) in [6.45, 7) is 2.42. The molecule has 3 rings (SSSR count). The summed E-state index contributed by atoms with van der Waals surface area (Å²) in [5.41, 5.74) is 1.22. The Morgan fingerprint density at radius 2 is 2.00 bits per heavy atom. The molecule has 0 radical (unpaired) electrons. The zero-order chi connectivity index (χ0) is 17.1. The molecule has 0 aliphatic carbocycles. The van der Waals surface area contributed by atoms with E-state index < -0.39 is 17.9 Å². The minimum absolute atomic E-state index is 0.0607. The molecule has 0 N–H and O–H groups in total. The molecule has 1 aliphatic rings. The monoisotopic (exact) mass is 333 g/mol. The zero-order valence-corrected chi connectivity index (χ0v) is 13.2. The number of benzene rings is 2. The van der Waals surface area contributed by atoms with Crippen molar-refractivity contribution in [2.75, 3.05) is 13.2 Å². The maximum Gasteiger partial charge on any atom is 0.251 e. The molecule has 1 unspecified atom stereocenters. The summed E-state index contributed by atoms with van der Waals surface area (Å²) in [5.74, 6) is -1.43. The summed E-state index contributed by atoms with van der Waals surface area (Å²) in [5, 5.41) is 0. The first-order valence-electron chi connectivity index (χ1n) is 7.67. The first-order chi connectivity index (χ1) is 11.6. The summed E-state index contributed by atoms with van der Waals surface area (Å²) < 4.78 is 37.7. The van der Waals surface area contributed by atoms with Crippen molar-refractivity contribution < 1.29 is 23.0 Å². The number of carbonyl (C=O) groups excluding carboxylic acids is 1. The summed E-state index contributed by atoms with van der Waals surface area (Å²) in [6, 6.07) is 10.9. The molecule has 126 valence electrons. The second-order valence-corrected chi connectivity index (χ2v) is 5.40. The molecule has 24 heavy (non-hydrogen) atoms. The lowest BCUT2D eigenvalue weighted by atomic mass is 10.1. The minimum Gasteiger partial charge on any atom is -0.493 e. The fraction of sp³-hybridized carbons (Fsp3) is 0.278. The molecule has 0 aromatic heterocycles. The Balaban J connectivity index is 1.88. The summed E-state index contributed by atoms with van der Waals surface area (Å²) >= 11 is 0. The number of carbonyl (C=O) groups is 1. The fourth-order valence-electron chi connectivity index (χ4n) is 2.69. The molecule has 2 aromatic carbocycles. The van der Waals surface area contributed by atoms with Crippen LogP contribution in [0.5, 0.6) is 5.75 Å². The van der Waals surface area contributed by atoms with Crippen molar-refractivity contribution in [3.63, 3.8) is 0 Å². The van der Waals surface area contributed by atoms with E-state index in [1.807, 2.05) is 25.1 Å². The van der Waals surface area contributed by atoms with Gasteiger partial charge in [-0.05, 0) is 30.7 Å². The number of rotatable bonds is 5. The molecule has 4 nitrogen and oxygen atoms in total. The summed E-state index contributed by atoms with van der Waals surface area (Å²) in [6.07, 6.45) is -0.617. The molecule has 0 spiro atoms. The van der Waals surface area contributed by atoms with Crippen molar-refractivity contribution in [3.8, 4) is 5.75 Å². The van der Waals surface area contributed by atoms with E-state index in [-0.39, 0.29) is 19.1 Å². The van der Waals surface area contributed by atoms with E-state index in [1.54, 1.807) is 6.07 Å². The number of halogens is 2. The van der Waals surface area contributed by atoms with Crippen molar-refractivity contribution in [2.24, 2.45) is 0 Å². The van der Waals surface area contributed by atoms with Gasteiger partial charge in [-0.15, -0.1) is 0 Å². The molecular weight excluding hydrogens is 316 g/mol. The van der Waals surface area contributed by atoms with E-state index >= 15 is 0 Å². The SMILES string of the molecule is CCOc1ccccc1C1OCC(=O)N1Cc1ccc(F)c(F)c1. The van der Waals surface area contributed by atoms with Gasteiger partial charge in [0.15, 0.2) is 17.9 Å². The van der Waals surface area contributed by atoms with E-state index in [0.29, 0.717) is 17.9 Å². The van der Waals surface area contributed by atoms with Crippen LogP contribution < -0.4 is 4.74 Å². The molecule has 1 aliphatic heterocycles. The van der Waals surface area contributed by atoms with Gasteiger partial charge in [0.1, 0.15) is 12.4 Å². The number of amides is 1. The summed E-state index contributed by atoms with van der Waals surface area (Å²) in [7, 11) is 0. The Hall–Kier alpha value is -2.47. The zero-order valence-electron chi connectivity index (χ0n) is 13.2. The minimum atomic E-state index is -0.939. The predicted molar refractivity (Wildman–Crippen MR) is 83.2 cm³/mol. The Morgan fingerprint density at radius 1 is 1.21 bits per heavy atom. The van der Waals surface area contributed by atoms with Crippen molar-refractivity contribution in [1.82, 2.24) is 4.90 Å². The Labute approximate surface area is 138 Å². The van der Waals surface area contributed by atoms with Gasteiger partial charge < -0.3 is 14.4 Å². The smallest absolute Gasteiger partial charge is 0.251 e. The largest absolute Gasteiger partial charge is 0.493 e. The van der Waals surface area contributed by atoms with E-state index in [2.05, 4.69) is 0 Å². The van der Waals surface area contributed by atoms with Crippen LogP contribution in [-0.2, 0) is 16.1 Å². The lowest BCUT2D eigenvalue weighted by Crippen LogP contribution is -2.28. The topological polar surface area (TPSA) is 38.8 Å². The van der Waals surface area contributed by atoms with Crippen molar-refractivity contribution in [3.05, 3.63) is 65.2 Å². The lowest BCUT2D eigenvalue weighted by molar-refractivity contribution is -0.128. The van der Waals surface area contributed by atoms with Gasteiger partial charge in [0, 0.05) is 12.1 Å². The third kappa shape index (κ3) is 3.23. The highest BCUT2D eigenvalue weighted by Gasteiger charge is 2.34. The molecule has 1 fully saturated rings. The Bertz CT molecular complexity index is 751. The number of hydrogen-bond donors (Lipinski definition) is 0. The first kappa shape index (κ1) is 16.4. The Kier molecular flexibility index (Phi) is 4.76. The normalized spacial score (nSPS) is 17.4. The average Bonchev–Trinajstić information content (AvgIpc) is 2.93. The third-order valence-corrected chi connectivity index (χ3v) is 3.79. The standard InChI is InChI=1S/C18H17F2NO3/c1-2-23-16-6-4-3-5-13(16)18-21(17(22)11-24-18)10-12-7-8-14(19)15(20)9-12/h3-9,18H,2,10-11H2,1H3. The van der Waals surface area contributed by atoms with Gasteiger partial charge in [0.05, 0.1) is 6.61 Å². The van der Waals surface area contributed by atoms with Crippen LogP contribution in [0.25, 0.3) is 0 Å². The lowest BCUT2D eigenvalue weighted by Gasteiger charge is -2.25. The van der Waals surface area contributed by atoms with Crippen LogP contribution in [0.3, 0.4) is 0 Å². The third-order valence-electron chi connectivity index (χ3n) is 3.79. The maximum absolute atomic E-state index is 13.4. The predicted octanol–water partition coefficient (Wildman–Crippen LogP) is 3.42. The molecule has 1 heterocycles. The summed E-state index contributed by atoms with van der Waals surface area (Å²) in [4.78, 5) is 13.7. The number of para-hydroxylation sites is 1. The molecule has 1 amide bonds. The van der Waals surface area contributed by atoms with Gasteiger partial charge in [-0.2, -0.15) is 0 Å². The van der Waals surface area contributed by atoms with Crippen LogP contribution >= 0.6 is 0 Å². The number of ether oxygens (including phenoxy) is 2. The van der Waals surface area contributed by atoms with Gasteiger partial charge >= 0.3 is 0 Å². The van der Waals surface area contributed by atoms with Crippen LogP contribution in [0.2, 0.25) is 0 Å². The van der Waals surface area contributed by atoms with Crippen LogP contribution in [0, 0.1) is 11.6 Å². The highest BCUT2D eigenvalue weighted by atomic mass is 19.2. The molecule has 1 atom stereocenters. The van der Waals surface area contributed by atoms with E-state index in [1.165, 1.54) is 11.0 Å². The fourth-order valence-corrected chi connectivity index (χ4v) is 2.69. The highest BCUT2D eigenvalue weighted by molar-refractivity contribution is 5.79. The van der Waals surface area contributed by atoms with E-state index in [9.17, 15) is 13.6 Å². The van der Waals surface area contributed by atoms with Gasteiger partial charge in [-0.3, -0.25) is 4.79 Å². The highest BCUT2D eigenvalue weighted by Crippen LogP contribution is 2.35. The van der Waals surface area contributed by atoms with Gasteiger partial charge in [0.25, 0.3) is 5.91 Å². The molecule has 2 aromatic rings. The second-order valence-electron chi connectivity index (χ2n) is 5.40. The van der Waals surface area contributed by atoms with Crippen LogP contribution in [0.1, 0.15) is 24.3 Å². The van der Waals surface area contributed by atoms with E-state index in [0.717, 1.165) is 17.7 Å². The van der Waals surface area contributed by atoms with Crippen molar-refractivity contribution in [2.45, 2.75) is 19.7 Å². The molecule has 0 saturated carbocycles. The van der Waals surface area contributed by atoms with Crippen LogP contribution in [0.4, 0.5) is 8.78 Å². The van der Waals surface area contributed by atoms with Crippen LogP contribution in [-0.4, -0.2) is 24.0 Å². The number of hydrogen-bond acceptors (Lipinski definition) is 3. The molecule has 0 bridgehead atoms. The van der Waals surface area contributed by atoms with Gasteiger partial charge in [0.2, 0.25) is 0 Å². The molecular formula is C18H17F2NO3. The van der Waals surface area contributed by atoms with Crippen molar-refractivity contribution in [1.29, 1.82) is 0 Å². The Morgan fingerprint density at radius 3 is 2.75 bits per heavy atom. The first-order valence-corrected chi connectivity index (χ1v) is 7.67. The van der Waals surface area contributed by atoms with Crippen molar-refractivity contribution >= 4 is 5.91 Å². The molecule has 1 saturated heterocycles. The van der Waals surface area contributed by atoms with E-state index in [4.69, 9.17) is 9.47 Å². The quantitative estimate of drug-likeness (QED) is 0.841. The van der Waals surface area contributed by atoms with Gasteiger partial charge in [-0.25, -0.2) is 8.78 Å². The average molecular weight is 333 g/mol. The molecule has 6 heteroatoms. The second kappa shape index (κ2) is 6.97. The van der Waals surface area contributed by atoms with Gasteiger partial charge in [-0.1, -0.05) is 24.3 Å². The van der Waals surface area contributed by atoms with Crippen LogP contribution in [0.15, 0.2) is 42.5 Å². The maximum atomic E-state index is 13.4.